The molecule has 0 amide bonds. The first kappa shape index (κ1) is 18.9. The highest BCUT2D eigenvalue weighted by molar-refractivity contribution is 5.82. The molecule has 0 aliphatic heterocycles. The van der Waals surface area contributed by atoms with Crippen molar-refractivity contribution in [2.75, 3.05) is 12.8 Å². The second kappa shape index (κ2) is 7.54. The van der Waals surface area contributed by atoms with Crippen molar-refractivity contribution in [1.82, 2.24) is 19.5 Å². The zero-order chi connectivity index (χ0) is 20.5. The standard InChI is InChI=1S/C23H25N5O/c1-14-10-18(11-19(29-4)15(14)2)16(3)22-27-20-21(24)25-13-26-23(20)28(22)12-17-8-6-5-7-9-17/h5-11,13,16H,12H2,1-4H3,(H2,24,25,26). The van der Waals surface area contributed by atoms with Gasteiger partial charge in [-0.05, 0) is 42.2 Å². The van der Waals surface area contributed by atoms with E-state index in [4.69, 9.17) is 15.5 Å². The number of aromatic nitrogens is 4. The molecule has 2 heterocycles. The minimum Gasteiger partial charge on any atom is -0.496 e. The normalized spacial score (nSPS) is 12.3. The predicted octanol–water partition coefficient (Wildman–Crippen LogP) is 4.23. The average molecular weight is 387 g/mol. The fourth-order valence-electron chi connectivity index (χ4n) is 3.69. The molecule has 0 aliphatic rings. The maximum atomic E-state index is 6.11. The topological polar surface area (TPSA) is 78.8 Å². The van der Waals surface area contributed by atoms with Gasteiger partial charge in [0.1, 0.15) is 17.9 Å². The monoisotopic (exact) mass is 387 g/mol. The summed E-state index contributed by atoms with van der Waals surface area (Å²) in [5.74, 6) is 2.21. The van der Waals surface area contributed by atoms with Gasteiger partial charge in [0.25, 0.3) is 0 Å². The molecule has 6 heteroatoms. The summed E-state index contributed by atoms with van der Waals surface area (Å²) in [5, 5.41) is 0. The number of anilines is 1. The number of imidazole rings is 1. The third-order valence-corrected chi connectivity index (χ3v) is 5.52. The molecule has 0 saturated carbocycles. The first-order chi connectivity index (χ1) is 14.0. The smallest absolute Gasteiger partial charge is 0.165 e. The maximum absolute atomic E-state index is 6.11. The van der Waals surface area contributed by atoms with E-state index in [1.807, 2.05) is 18.2 Å². The Morgan fingerprint density at radius 3 is 2.59 bits per heavy atom. The van der Waals surface area contributed by atoms with E-state index in [-0.39, 0.29) is 5.92 Å². The zero-order valence-corrected chi connectivity index (χ0v) is 17.2. The molecule has 2 aromatic carbocycles. The molecular formula is C23H25N5O. The first-order valence-electron chi connectivity index (χ1n) is 9.65. The molecule has 148 valence electrons. The Morgan fingerprint density at radius 1 is 1.10 bits per heavy atom. The fraction of sp³-hybridized carbons (Fsp3) is 0.261. The number of benzene rings is 2. The molecule has 0 saturated heterocycles. The van der Waals surface area contributed by atoms with Crippen molar-refractivity contribution in [3.05, 3.63) is 76.9 Å². The lowest BCUT2D eigenvalue weighted by Gasteiger charge is -2.18. The number of nitrogens with two attached hydrogens (primary N) is 1. The molecule has 4 rings (SSSR count). The average Bonchev–Trinajstić information content (AvgIpc) is 3.10. The van der Waals surface area contributed by atoms with Gasteiger partial charge in [-0.25, -0.2) is 15.0 Å². The minimum atomic E-state index is 0.0283. The number of aryl methyl sites for hydroxylation is 1. The summed E-state index contributed by atoms with van der Waals surface area (Å²) in [6.07, 6.45) is 1.49. The van der Waals surface area contributed by atoms with E-state index in [1.165, 1.54) is 17.5 Å². The number of methoxy groups -OCH3 is 1. The summed E-state index contributed by atoms with van der Waals surface area (Å²) in [6, 6.07) is 14.6. The largest absolute Gasteiger partial charge is 0.496 e. The molecule has 0 fully saturated rings. The van der Waals surface area contributed by atoms with Crippen LogP contribution in [0, 0.1) is 13.8 Å². The number of nitrogens with zero attached hydrogens (tertiary/aromatic N) is 4. The number of hydrogen-bond acceptors (Lipinski definition) is 5. The number of fused-ring (bicyclic) bond motifs is 1. The van der Waals surface area contributed by atoms with E-state index in [1.54, 1.807) is 7.11 Å². The summed E-state index contributed by atoms with van der Waals surface area (Å²) < 4.78 is 7.72. The minimum absolute atomic E-state index is 0.0283. The number of rotatable bonds is 5. The Hall–Kier alpha value is -3.41. The van der Waals surface area contributed by atoms with Crippen LogP contribution in [0.5, 0.6) is 5.75 Å². The van der Waals surface area contributed by atoms with Crippen LogP contribution >= 0.6 is 0 Å². The van der Waals surface area contributed by atoms with Crippen LogP contribution in [0.4, 0.5) is 5.82 Å². The number of nitrogen functional groups attached to an aromatic ring is 1. The van der Waals surface area contributed by atoms with Gasteiger partial charge in [-0.1, -0.05) is 43.3 Å². The molecule has 1 atom stereocenters. The van der Waals surface area contributed by atoms with Crippen LogP contribution in [0.25, 0.3) is 11.2 Å². The van der Waals surface area contributed by atoms with Gasteiger partial charge in [-0.3, -0.25) is 0 Å². The molecule has 0 spiro atoms. The predicted molar refractivity (Wildman–Crippen MR) is 115 cm³/mol. The molecular weight excluding hydrogens is 362 g/mol. The zero-order valence-electron chi connectivity index (χ0n) is 17.2. The van der Waals surface area contributed by atoms with Gasteiger partial charge in [-0.15, -0.1) is 0 Å². The van der Waals surface area contributed by atoms with E-state index < -0.39 is 0 Å². The quantitative estimate of drug-likeness (QED) is 0.554. The van der Waals surface area contributed by atoms with Crippen LogP contribution < -0.4 is 10.5 Å². The summed E-state index contributed by atoms with van der Waals surface area (Å²) >= 11 is 0. The van der Waals surface area contributed by atoms with E-state index in [0.29, 0.717) is 17.9 Å². The highest BCUT2D eigenvalue weighted by Gasteiger charge is 2.22. The van der Waals surface area contributed by atoms with Crippen molar-refractivity contribution >= 4 is 17.0 Å². The molecule has 6 nitrogen and oxygen atoms in total. The summed E-state index contributed by atoms with van der Waals surface area (Å²) in [7, 11) is 1.71. The van der Waals surface area contributed by atoms with E-state index >= 15 is 0 Å². The van der Waals surface area contributed by atoms with Crippen LogP contribution in [0.2, 0.25) is 0 Å². The van der Waals surface area contributed by atoms with Gasteiger partial charge in [0.15, 0.2) is 17.0 Å². The summed E-state index contributed by atoms with van der Waals surface area (Å²) in [6.45, 7) is 6.99. The van der Waals surface area contributed by atoms with Crippen molar-refractivity contribution in [3.8, 4) is 5.75 Å². The molecule has 4 aromatic rings. The van der Waals surface area contributed by atoms with Gasteiger partial charge in [0.2, 0.25) is 0 Å². The van der Waals surface area contributed by atoms with Crippen LogP contribution in [0.15, 0.2) is 48.8 Å². The second-order valence-corrected chi connectivity index (χ2v) is 7.36. The van der Waals surface area contributed by atoms with Crippen LogP contribution in [-0.2, 0) is 6.54 Å². The van der Waals surface area contributed by atoms with Crippen LogP contribution in [0.3, 0.4) is 0 Å². The van der Waals surface area contributed by atoms with Crippen molar-refractivity contribution in [2.24, 2.45) is 0 Å². The van der Waals surface area contributed by atoms with E-state index in [0.717, 1.165) is 28.3 Å². The van der Waals surface area contributed by atoms with Gasteiger partial charge in [0, 0.05) is 5.92 Å². The van der Waals surface area contributed by atoms with Crippen molar-refractivity contribution in [1.29, 1.82) is 0 Å². The lowest BCUT2D eigenvalue weighted by Crippen LogP contribution is -2.10. The second-order valence-electron chi connectivity index (χ2n) is 7.36. The lowest BCUT2D eigenvalue weighted by molar-refractivity contribution is 0.410. The van der Waals surface area contributed by atoms with Crippen molar-refractivity contribution in [3.63, 3.8) is 0 Å². The Labute approximate surface area is 170 Å². The molecule has 0 aliphatic carbocycles. The Bertz CT molecular complexity index is 1170. The van der Waals surface area contributed by atoms with Crippen LogP contribution in [-0.4, -0.2) is 26.6 Å². The highest BCUT2D eigenvalue weighted by atomic mass is 16.5. The fourth-order valence-corrected chi connectivity index (χ4v) is 3.69. The molecule has 0 radical (unpaired) electrons. The first-order valence-corrected chi connectivity index (χ1v) is 9.65. The molecule has 0 bridgehead atoms. The highest BCUT2D eigenvalue weighted by Crippen LogP contribution is 2.33. The number of ether oxygens (including phenoxy) is 1. The Balaban J connectivity index is 1.88. The van der Waals surface area contributed by atoms with Gasteiger partial charge in [0.05, 0.1) is 13.7 Å². The van der Waals surface area contributed by atoms with E-state index in [2.05, 4.69) is 59.6 Å². The summed E-state index contributed by atoms with van der Waals surface area (Å²) in [4.78, 5) is 13.5. The van der Waals surface area contributed by atoms with Gasteiger partial charge in [-0.2, -0.15) is 0 Å². The Kier molecular flexibility index (Phi) is 4.92. The maximum Gasteiger partial charge on any atom is 0.165 e. The molecule has 2 aromatic heterocycles. The lowest BCUT2D eigenvalue weighted by atomic mass is 9.95. The third-order valence-electron chi connectivity index (χ3n) is 5.52. The van der Waals surface area contributed by atoms with Crippen molar-refractivity contribution < 1.29 is 4.74 Å². The van der Waals surface area contributed by atoms with Gasteiger partial charge < -0.3 is 15.0 Å². The molecule has 29 heavy (non-hydrogen) atoms. The van der Waals surface area contributed by atoms with Gasteiger partial charge >= 0.3 is 0 Å². The molecule has 2 N–H and O–H groups in total. The van der Waals surface area contributed by atoms with Crippen molar-refractivity contribution in [2.45, 2.75) is 33.2 Å². The SMILES string of the molecule is COc1cc(C(C)c2nc3c(N)ncnc3n2Cc2ccccc2)cc(C)c1C. The number of hydrogen-bond donors (Lipinski definition) is 1. The van der Waals surface area contributed by atoms with Crippen LogP contribution in [0.1, 0.15) is 40.9 Å². The molecule has 1 unspecified atom stereocenters. The van der Waals surface area contributed by atoms with E-state index in [9.17, 15) is 0 Å². The summed E-state index contributed by atoms with van der Waals surface area (Å²) in [5.41, 5.74) is 12.2. The Morgan fingerprint density at radius 2 is 1.86 bits per heavy atom. The third kappa shape index (κ3) is 3.42.